The Morgan fingerprint density at radius 1 is 1.39 bits per heavy atom. The van der Waals surface area contributed by atoms with E-state index in [0.717, 1.165) is 0 Å². The maximum atomic E-state index is 12.4. The van der Waals surface area contributed by atoms with Crippen LogP contribution in [0, 0.1) is 0 Å². The summed E-state index contributed by atoms with van der Waals surface area (Å²) in [5.74, 6) is -4.82. The Balaban J connectivity index is 3.32. The summed E-state index contributed by atoms with van der Waals surface area (Å²) < 4.78 is 63.4. The number of halogens is 5. The lowest BCUT2D eigenvalue weighted by Crippen LogP contribution is -2.19. The number of aromatic hydroxyl groups is 1. The van der Waals surface area contributed by atoms with Gasteiger partial charge in [0.05, 0.1) is 5.56 Å². The van der Waals surface area contributed by atoms with E-state index in [1.54, 1.807) is 0 Å². The van der Waals surface area contributed by atoms with Crippen molar-refractivity contribution in [2.45, 2.75) is 12.8 Å². The van der Waals surface area contributed by atoms with Crippen LogP contribution in [0.2, 0.25) is 0 Å². The number of hydrogen-bond donors (Lipinski definition) is 2. The standard InChI is InChI=1S/C8H4F5NO4/c9-5(10)2-1-3(15)6(18-8(11,12)13)14-4(2)7(16)17/h1,5,15H,(H,16,17). The Labute approximate surface area is 95.4 Å². The highest BCUT2D eigenvalue weighted by Crippen LogP contribution is 2.34. The summed E-state index contributed by atoms with van der Waals surface area (Å²) in [6, 6.07) is 0.155. The van der Waals surface area contributed by atoms with Crippen LogP contribution in [0.25, 0.3) is 0 Å². The quantitative estimate of drug-likeness (QED) is 0.826. The molecule has 0 radical (unpaired) electrons. The highest BCUT2D eigenvalue weighted by atomic mass is 19.4. The first-order valence-corrected chi connectivity index (χ1v) is 4.13. The summed E-state index contributed by atoms with van der Waals surface area (Å²) in [5.41, 5.74) is -2.54. The molecule has 0 aliphatic carbocycles. The number of pyridine rings is 1. The van der Waals surface area contributed by atoms with E-state index in [9.17, 15) is 26.7 Å². The van der Waals surface area contributed by atoms with Gasteiger partial charge in [-0.25, -0.2) is 18.6 Å². The summed E-state index contributed by atoms with van der Waals surface area (Å²) in [4.78, 5) is 13.2. The molecule has 0 aromatic carbocycles. The lowest BCUT2D eigenvalue weighted by Gasteiger charge is -2.11. The number of ether oxygens (including phenoxy) is 1. The number of carbonyl (C=O) groups is 1. The molecule has 0 aliphatic rings. The Bertz CT molecular complexity index is 473. The Kier molecular flexibility index (Phi) is 3.58. The van der Waals surface area contributed by atoms with Crippen molar-refractivity contribution in [3.05, 3.63) is 17.3 Å². The third kappa shape index (κ3) is 3.18. The fraction of sp³-hybridized carbons (Fsp3) is 0.250. The minimum atomic E-state index is -5.24. The van der Waals surface area contributed by atoms with Crippen molar-refractivity contribution in [2.75, 3.05) is 0 Å². The molecule has 18 heavy (non-hydrogen) atoms. The molecular weight excluding hydrogens is 269 g/mol. The van der Waals surface area contributed by atoms with E-state index in [4.69, 9.17) is 10.2 Å². The number of hydrogen-bond acceptors (Lipinski definition) is 4. The molecule has 1 heterocycles. The van der Waals surface area contributed by atoms with Gasteiger partial charge in [0.15, 0.2) is 11.4 Å². The van der Waals surface area contributed by atoms with Crippen molar-refractivity contribution in [1.29, 1.82) is 0 Å². The first-order valence-electron chi connectivity index (χ1n) is 4.13. The zero-order valence-corrected chi connectivity index (χ0v) is 8.20. The summed E-state index contributed by atoms with van der Waals surface area (Å²) in [6.07, 6.45) is -8.57. The van der Waals surface area contributed by atoms with Crippen LogP contribution in [0.15, 0.2) is 6.07 Å². The van der Waals surface area contributed by atoms with Crippen LogP contribution in [0.1, 0.15) is 22.5 Å². The second-order valence-corrected chi connectivity index (χ2v) is 2.90. The minimum Gasteiger partial charge on any atom is -0.503 e. The number of rotatable bonds is 3. The topological polar surface area (TPSA) is 79.7 Å². The molecule has 0 unspecified atom stereocenters. The molecule has 0 saturated carbocycles. The smallest absolute Gasteiger partial charge is 0.503 e. The van der Waals surface area contributed by atoms with Crippen molar-refractivity contribution >= 4 is 5.97 Å². The van der Waals surface area contributed by atoms with Gasteiger partial charge in [0, 0.05) is 0 Å². The van der Waals surface area contributed by atoms with Gasteiger partial charge in [0.1, 0.15) is 0 Å². The minimum absolute atomic E-state index is 0.155. The third-order valence-corrected chi connectivity index (χ3v) is 1.65. The van der Waals surface area contributed by atoms with E-state index in [1.165, 1.54) is 0 Å². The molecule has 0 aliphatic heterocycles. The molecule has 10 heteroatoms. The van der Waals surface area contributed by atoms with Gasteiger partial charge in [-0.3, -0.25) is 0 Å². The van der Waals surface area contributed by atoms with Gasteiger partial charge in [-0.05, 0) is 6.07 Å². The summed E-state index contributed by atoms with van der Waals surface area (Å²) in [6.45, 7) is 0. The first kappa shape index (κ1) is 13.9. The number of aromatic nitrogens is 1. The largest absolute Gasteiger partial charge is 0.574 e. The van der Waals surface area contributed by atoms with E-state index in [-0.39, 0.29) is 6.07 Å². The van der Waals surface area contributed by atoms with Gasteiger partial charge in [0.25, 0.3) is 12.3 Å². The van der Waals surface area contributed by atoms with Gasteiger partial charge in [-0.1, -0.05) is 0 Å². The van der Waals surface area contributed by atoms with Crippen molar-refractivity contribution in [2.24, 2.45) is 0 Å². The summed E-state index contributed by atoms with van der Waals surface area (Å²) >= 11 is 0. The third-order valence-electron chi connectivity index (χ3n) is 1.65. The average molecular weight is 273 g/mol. The molecule has 100 valence electrons. The van der Waals surface area contributed by atoms with E-state index in [1.807, 2.05) is 0 Å². The highest BCUT2D eigenvalue weighted by molar-refractivity contribution is 5.87. The van der Waals surface area contributed by atoms with E-state index in [2.05, 4.69) is 9.72 Å². The van der Waals surface area contributed by atoms with Crippen LogP contribution >= 0.6 is 0 Å². The van der Waals surface area contributed by atoms with Crippen LogP contribution in [0.5, 0.6) is 11.6 Å². The van der Waals surface area contributed by atoms with Gasteiger partial charge < -0.3 is 14.9 Å². The molecule has 1 aromatic heterocycles. The molecule has 0 saturated heterocycles. The normalized spacial score (nSPS) is 11.7. The zero-order valence-electron chi connectivity index (χ0n) is 8.20. The lowest BCUT2D eigenvalue weighted by molar-refractivity contribution is -0.276. The molecule has 0 fully saturated rings. The van der Waals surface area contributed by atoms with Gasteiger partial charge in [-0.15, -0.1) is 13.2 Å². The van der Waals surface area contributed by atoms with Gasteiger partial charge in [0.2, 0.25) is 0 Å². The summed E-state index contributed by atoms with van der Waals surface area (Å²) in [7, 11) is 0. The fourth-order valence-electron chi connectivity index (χ4n) is 1.02. The second kappa shape index (κ2) is 4.63. The van der Waals surface area contributed by atoms with Crippen molar-refractivity contribution in [3.8, 4) is 11.6 Å². The fourth-order valence-corrected chi connectivity index (χ4v) is 1.02. The maximum Gasteiger partial charge on any atom is 0.574 e. The van der Waals surface area contributed by atoms with E-state index < -0.39 is 41.6 Å². The molecule has 0 amide bonds. The lowest BCUT2D eigenvalue weighted by atomic mass is 10.2. The van der Waals surface area contributed by atoms with Gasteiger partial charge >= 0.3 is 12.3 Å². The predicted molar refractivity (Wildman–Crippen MR) is 44.5 cm³/mol. The van der Waals surface area contributed by atoms with Crippen LogP contribution in [0.4, 0.5) is 22.0 Å². The SMILES string of the molecule is O=C(O)c1nc(OC(F)(F)F)c(O)cc1C(F)F. The average Bonchev–Trinajstić information content (AvgIpc) is 2.17. The molecule has 1 aromatic rings. The number of aromatic carboxylic acids is 1. The molecule has 1 rings (SSSR count). The monoisotopic (exact) mass is 273 g/mol. The van der Waals surface area contributed by atoms with Crippen molar-refractivity contribution in [1.82, 2.24) is 4.98 Å². The van der Waals surface area contributed by atoms with Crippen LogP contribution in [0.3, 0.4) is 0 Å². The molecule has 0 bridgehead atoms. The van der Waals surface area contributed by atoms with Crippen LogP contribution < -0.4 is 4.74 Å². The van der Waals surface area contributed by atoms with Gasteiger partial charge in [-0.2, -0.15) is 0 Å². The molecule has 5 nitrogen and oxygen atoms in total. The maximum absolute atomic E-state index is 12.4. The highest BCUT2D eigenvalue weighted by Gasteiger charge is 2.34. The van der Waals surface area contributed by atoms with Crippen molar-refractivity contribution in [3.63, 3.8) is 0 Å². The molecule has 2 N–H and O–H groups in total. The summed E-state index contributed by atoms with van der Waals surface area (Å²) in [5, 5.41) is 17.5. The van der Waals surface area contributed by atoms with E-state index >= 15 is 0 Å². The Morgan fingerprint density at radius 2 is 1.94 bits per heavy atom. The first-order chi connectivity index (χ1) is 8.11. The Morgan fingerprint density at radius 3 is 2.33 bits per heavy atom. The van der Waals surface area contributed by atoms with E-state index in [0.29, 0.717) is 0 Å². The molecular formula is C8H4F5NO4. The Hall–Kier alpha value is -2.13. The zero-order chi connectivity index (χ0) is 14.1. The number of carboxylic acids is 1. The second-order valence-electron chi connectivity index (χ2n) is 2.90. The van der Waals surface area contributed by atoms with Crippen molar-refractivity contribution < 1.29 is 41.7 Å². The number of alkyl halides is 5. The molecule has 0 spiro atoms. The van der Waals surface area contributed by atoms with Crippen LogP contribution in [-0.4, -0.2) is 27.5 Å². The van der Waals surface area contributed by atoms with Crippen LogP contribution in [-0.2, 0) is 0 Å². The predicted octanol–water partition coefficient (Wildman–Crippen LogP) is 2.32. The number of nitrogens with zero attached hydrogens (tertiary/aromatic N) is 1. The molecule has 0 atom stereocenters. The number of carboxylic acid groups (broad SMARTS) is 1.